The van der Waals surface area contributed by atoms with E-state index < -0.39 is 296 Å². The van der Waals surface area contributed by atoms with E-state index in [2.05, 4.69) is 90.4 Å². The molecule has 1 saturated heterocycles. The number of aliphatic hydroxyl groups excluding tert-OH is 4. The summed E-state index contributed by atoms with van der Waals surface area (Å²) in [5.74, 6) is -21.8. The van der Waals surface area contributed by atoms with Crippen molar-refractivity contribution in [1.29, 1.82) is 0 Å². The normalized spacial score (nSPS) is 16.8. The summed E-state index contributed by atoms with van der Waals surface area (Å²) in [5, 5.41) is 103. The number of rotatable bonds is 61. The molecule has 0 unspecified atom stereocenters. The van der Waals surface area contributed by atoms with Crippen molar-refractivity contribution in [2.75, 3.05) is 57.9 Å². The Bertz CT molecular complexity index is 4120. The lowest BCUT2D eigenvalue weighted by molar-refractivity contribution is -0.142. The molecule has 1 aromatic rings. The SMILES string of the molecule is CC[C@H](C)[C@H](NC(=O)CNC(=O)[C@H](CCCCN)NC(=O)[C@H](CCC(=O)O)NC(=O)[C@H](C)NC(=O)[C@@H](N)CCSC)C(=O)N[C@H](C(=O)N[C@@H](C)C(=O)N1CCC[C@H]1C(=O)N[C@@H](CCCCN)C(=O)NCC(=O)N[C@@H](Cc1ccccc1)C(=O)N[C@H](C(=O)N[C@@H](C)C(=O)N[C@@H](CO)C(=O)N[C@@H](C)C(=O)N[C@H](C(=O)N[C@H](C(=O)N[C@@H](C)C(=O)NCC(=O)O)[C@@H](C)O)[C@@H](C)O)C(C)C)[C@@H](C)O. The summed E-state index contributed by atoms with van der Waals surface area (Å²) in [6.45, 7) is 12.7. The molecule has 49 nitrogen and oxygen atoms in total. The molecule has 133 heavy (non-hydrogen) atoms. The summed E-state index contributed by atoms with van der Waals surface area (Å²) in [6, 6.07) is -16.8. The Kier molecular flexibility index (Phi) is 53.2. The maximum absolute atomic E-state index is 14.3. The maximum Gasteiger partial charge on any atom is 0.322 e. The van der Waals surface area contributed by atoms with Crippen LogP contribution in [0, 0.1) is 11.8 Å². The third-order valence-electron chi connectivity index (χ3n) is 21.2. The van der Waals surface area contributed by atoms with E-state index in [1.54, 1.807) is 58.0 Å². The topological polar surface area (TPSA) is 778 Å². The van der Waals surface area contributed by atoms with E-state index in [0.29, 0.717) is 30.6 Å². The van der Waals surface area contributed by atoms with E-state index in [1.807, 2.05) is 11.6 Å². The van der Waals surface area contributed by atoms with Crippen molar-refractivity contribution in [3.05, 3.63) is 35.9 Å². The Morgan fingerprint density at radius 3 is 1.29 bits per heavy atom. The number of carbonyl (C=O) groups excluding carboxylic acids is 19. The van der Waals surface area contributed by atoms with E-state index in [-0.39, 0.29) is 71.0 Å². The van der Waals surface area contributed by atoms with Crippen molar-refractivity contribution in [1.82, 2.24) is 101 Å². The highest BCUT2D eigenvalue weighted by Crippen LogP contribution is 2.21. The van der Waals surface area contributed by atoms with Gasteiger partial charge in [-0.3, -0.25) is 101 Å². The fraction of sp³-hybridized carbons (Fsp3) is 0.675. The Balaban J connectivity index is 2.22. The highest BCUT2D eigenvalue weighted by atomic mass is 32.2. The molecular formula is C83H138N22O27S. The second-order valence-corrected chi connectivity index (χ2v) is 33.8. The number of likely N-dealkylation sites (tertiary alicyclic amines) is 1. The van der Waals surface area contributed by atoms with E-state index in [9.17, 15) is 126 Å². The minimum Gasteiger partial charge on any atom is -0.481 e. The maximum atomic E-state index is 14.3. The van der Waals surface area contributed by atoms with Crippen molar-refractivity contribution < 1.29 is 131 Å². The molecule has 748 valence electrons. The van der Waals surface area contributed by atoms with Gasteiger partial charge in [-0.25, -0.2) is 0 Å². The molecule has 1 aromatic carbocycles. The smallest absolute Gasteiger partial charge is 0.322 e. The zero-order valence-electron chi connectivity index (χ0n) is 77.3. The molecule has 2 rings (SSSR count). The molecule has 0 aromatic heterocycles. The second-order valence-electron chi connectivity index (χ2n) is 32.9. The molecule has 21 atom stereocenters. The van der Waals surface area contributed by atoms with E-state index in [0.717, 1.165) is 32.6 Å². The van der Waals surface area contributed by atoms with Crippen LogP contribution in [0.5, 0.6) is 0 Å². The van der Waals surface area contributed by atoms with E-state index >= 15 is 0 Å². The predicted molar refractivity (Wildman–Crippen MR) is 479 cm³/mol. The monoisotopic (exact) mass is 1910 g/mol. The zero-order chi connectivity index (χ0) is 101. The second kappa shape index (κ2) is 60.3. The largest absolute Gasteiger partial charge is 0.481 e. The third-order valence-corrected chi connectivity index (χ3v) is 21.9. The number of thioether (sulfide) groups is 1. The quantitative estimate of drug-likeness (QED) is 0.0269. The standard InChI is InChI=1S/C83H138N22O27S/c1-14-41(4)63(100-59(111)37-88-72(121)52(25-18-20-31-84)97-74(123)54(28-29-60(112)113)96-68(117)43(6)90-71(120)51(86)30-34-133-13)79(128)103-65(48(11)108)81(130)94-46(9)83(132)105-33-22-27-57(105)77(126)98-53(26-19-21-32-85)73(122)87-36-58(110)95-55(35-50-23-16-15-17-24-50)75(124)101-62(40(2)3)78(127)93-44(7)69(118)99-56(39-106)76(125)91-45(8)70(119)102-66(49(12)109)82(131)104-64(47(10)107)80(129)92-42(5)67(116)89-38-61(114)115/h15-17,23-24,40-49,51-57,62-66,106-109H,14,18-22,25-39,84-86H2,1-13H3,(H,87,122)(H,88,121)(H,89,116)(H,90,120)(H,91,125)(H,92,129)(H,93,127)(H,94,130)(H,95,110)(H,96,117)(H,97,123)(H,98,126)(H,99,118)(H,100,111)(H,101,124)(H,102,119)(H,103,128)(H,104,131)(H,112,113)(H,114,115)/t41-,42-,43-,44-,45-,46-,47+,48+,49+,51-,52-,53-,54-,55-,56-,57-,62-,63-,64-,65-,66-/m0/s1. The average molecular weight is 1910 g/mol. The van der Waals surface area contributed by atoms with Gasteiger partial charge in [-0.1, -0.05) is 64.4 Å². The number of nitrogens with two attached hydrogens (primary N) is 3. The van der Waals surface area contributed by atoms with Crippen LogP contribution in [0.3, 0.4) is 0 Å². The summed E-state index contributed by atoms with van der Waals surface area (Å²) in [5.41, 5.74) is 17.9. The van der Waals surface area contributed by atoms with Gasteiger partial charge < -0.3 is 148 Å². The van der Waals surface area contributed by atoms with Crippen molar-refractivity contribution in [3.8, 4) is 0 Å². The summed E-state index contributed by atoms with van der Waals surface area (Å²) in [7, 11) is 0. The minimum atomic E-state index is -1.86. The van der Waals surface area contributed by atoms with Crippen LogP contribution in [-0.4, -0.2) is 339 Å². The number of aliphatic carboxylic acids is 2. The van der Waals surface area contributed by atoms with Gasteiger partial charge in [0, 0.05) is 19.4 Å². The summed E-state index contributed by atoms with van der Waals surface area (Å²) in [6.07, 6.45) is -2.23. The number of carboxylic acid groups (broad SMARTS) is 2. The summed E-state index contributed by atoms with van der Waals surface area (Å²) in [4.78, 5) is 283. The molecular weight excluding hydrogens is 1770 g/mol. The van der Waals surface area contributed by atoms with Gasteiger partial charge in [-0.05, 0) is 162 Å². The first-order chi connectivity index (χ1) is 62.5. The Morgan fingerprint density at radius 2 is 0.812 bits per heavy atom. The van der Waals surface area contributed by atoms with Crippen LogP contribution < -0.4 is 113 Å². The first-order valence-electron chi connectivity index (χ1n) is 43.9. The van der Waals surface area contributed by atoms with Gasteiger partial charge in [0.25, 0.3) is 0 Å². The van der Waals surface area contributed by atoms with Gasteiger partial charge in [0.1, 0.15) is 103 Å². The molecule has 0 saturated carbocycles. The van der Waals surface area contributed by atoms with Crippen LogP contribution in [0.1, 0.15) is 166 Å². The number of aliphatic hydroxyl groups is 4. The molecule has 0 radical (unpaired) electrons. The van der Waals surface area contributed by atoms with Crippen LogP contribution in [0.25, 0.3) is 0 Å². The number of hydrogen-bond donors (Lipinski definition) is 27. The van der Waals surface area contributed by atoms with E-state index in [4.69, 9.17) is 22.3 Å². The number of unbranched alkanes of at least 4 members (excludes halogenated alkanes) is 2. The number of amides is 19. The van der Waals surface area contributed by atoms with Gasteiger partial charge in [0.2, 0.25) is 112 Å². The molecule has 1 aliphatic rings. The van der Waals surface area contributed by atoms with Crippen LogP contribution in [-0.2, 0) is 107 Å². The molecule has 1 aliphatic heterocycles. The van der Waals surface area contributed by atoms with Crippen LogP contribution >= 0.6 is 11.8 Å². The highest BCUT2D eigenvalue weighted by Gasteiger charge is 2.42. The number of nitrogens with zero attached hydrogens (tertiary/aromatic N) is 1. The number of hydrogen-bond acceptors (Lipinski definition) is 29. The number of nitrogens with one attached hydrogen (secondary N) is 18. The lowest BCUT2D eigenvalue weighted by Gasteiger charge is -2.30. The molecule has 1 fully saturated rings. The summed E-state index contributed by atoms with van der Waals surface area (Å²) >= 11 is 1.45. The lowest BCUT2D eigenvalue weighted by Crippen LogP contribution is -2.62. The minimum absolute atomic E-state index is 0.0115. The third kappa shape index (κ3) is 41.9. The van der Waals surface area contributed by atoms with Crippen molar-refractivity contribution >= 4 is 136 Å². The fourth-order valence-corrected chi connectivity index (χ4v) is 13.6. The Labute approximate surface area is 774 Å². The highest BCUT2D eigenvalue weighted by molar-refractivity contribution is 7.98. The summed E-state index contributed by atoms with van der Waals surface area (Å²) < 4.78 is 0. The molecule has 19 amide bonds. The van der Waals surface area contributed by atoms with Crippen LogP contribution in [0.4, 0.5) is 0 Å². The van der Waals surface area contributed by atoms with Crippen molar-refractivity contribution in [2.24, 2.45) is 29.0 Å². The Morgan fingerprint density at radius 1 is 0.414 bits per heavy atom. The molecule has 50 heteroatoms. The van der Waals surface area contributed by atoms with Crippen molar-refractivity contribution in [3.63, 3.8) is 0 Å². The molecule has 0 spiro atoms. The molecule has 0 aliphatic carbocycles. The lowest BCUT2D eigenvalue weighted by atomic mass is 9.97. The first kappa shape index (κ1) is 117. The number of carboxylic acids is 2. The average Bonchev–Trinajstić information content (AvgIpc) is 1.74. The molecule has 1 heterocycles. The van der Waals surface area contributed by atoms with Gasteiger partial charge in [-0.15, -0.1) is 0 Å². The molecule has 0 bridgehead atoms. The van der Waals surface area contributed by atoms with Crippen LogP contribution in [0.15, 0.2) is 30.3 Å². The van der Waals surface area contributed by atoms with E-state index in [1.165, 1.54) is 39.5 Å². The van der Waals surface area contributed by atoms with Crippen molar-refractivity contribution in [2.45, 2.75) is 288 Å². The number of benzene rings is 1. The van der Waals surface area contributed by atoms with Gasteiger partial charge in [0.15, 0.2) is 0 Å². The van der Waals surface area contributed by atoms with Gasteiger partial charge in [0.05, 0.1) is 44.1 Å². The zero-order valence-corrected chi connectivity index (χ0v) is 78.1. The first-order valence-corrected chi connectivity index (χ1v) is 45.3. The fourth-order valence-electron chi connectivity index (χ4n) is 13.1. The Hall–Kier alpha value is -11.8. The molecule has 30 N–H and O–H groups in total. The van der Waals surface area contributed by atoms with Crippen LogP contribution in [0.2, 0.25) is 0 Å². The van der Waals surface area contributed by atoms with Gasteiger partial charge >= 0.3 is 11.9 Å². The predicted octanol–water partition coefficient (Wildman–Crippen LogP) is -9.94. The van der Waals surface area contributed by atoms with Gasteiger partial charge in [-0.2, -0.15) is 11.8 Å². The number of carbonyl (C=O) groups is 21.